The van der Waals surface area contributed by atoms with Crippen LogP contribution in [0, 0.1) is 0 Å². The first-order valence-electron chi connectivity index (χ1n) is 2.92. The standard InChI is InChI=1S/C7H3BrCl2O2/c8-5-3-4(12-7(10)11)1-2-6(5)9/h1-3H. The molecule has 5 heteroatoms. The Morgan fingerprint density at radius 3 is 2.67 bits per heavy atom. The molecule has 0 bridgehead atoms. The number of rotatable bonds is 1. The number of hydrogen-bond acceptors (Lipinski definition) is 2. The molecule has 0 atom stereocenters. The highest BCUT2D eigenvalue weighted by Crippen LogP contribution is 2.26. The van der Waals surface area contributed by atoms with Crippen molar-refractivity contribution < 1.29 is 9.53 Å². The second kappa shape index (κ2) is 4.12. The van der Waals surface area contributed by atoms with E-state index in [0.717, 1.165) is 0 Å². The van der Waals surface area contributed by atoms with Gasteiger partial charge in [-0.25, -0.2) is 4.79 Å². The zero-order valence-electron chi connectivity index (χ0n) is 5.68. The van der Waals surface area contributed by atoms with Crippen LogP contribution in [0.15, 0.2) is 22.7 Å². The molecular weight excluding hydrogens is 267 g/mol. The molecule has 64 valence electrons. The van der Waals surface area contributed by atoms with Gasteiger partial charge in [0.25, 0.3) is 0 Å². The Labute approximate surface area is 87.5 Å². The molecule has 0 aliphatic rings. The van der Waals surface area contributed by atoms with E-state index in [0.29, 0.717) is 15.2 Å². The summed E-state index contributed by atoms with van der Waals surface area (Å²) in [7, 11) is 0. The van der Waals surface area contributed by atoms with Crippen molar-refractivity contribution in [3.8, 4) is 5.75 Å². The van der Waals surface area contributed by atoms with Gasteiger partial charge in [0.1, 0.15) is 5.75 Å². The molecule has 0 spiro atoms. The van der Waals surface area contributed by atoms with Crippen molar-refractivity contribution >= 4 is 44.6 Å². The van der Waals surface area contributed by atoms with Crippen LogP contribution in [0.2, 0.25) is 5.02 Å². The zero-order valence-corrected chi connectivity index (χ0v) is 8.78. The molecule has 1 aromatic carbocycles. The number of carbonyl (C=O) groups excluding carboxylic acids is 1. The van der Waals surface area contributed by atoms with E-state index in [9.17, 15) is 4.79 Å². The lowest BCUT2D eigenvalue weighted by atomic mass is 10.3. The predicted octanol–water partition coefficient (Wildman–Crippen LogP) is 3.84. The number of benzene rings is 1. The predicted molar refractivity (Wildman–Crippen MR) is 51.0 cm³/mol. The highest BCUT2D eigenvalue weighted by Gasteiger charge is 2.02. The van der Waals surface area contributed by atoms with E-state index in [1.54, 1.807) is 18.2 Å². The van der Waals surface area contributed by atoms with Gasteiger partial charge in [-0.3, -0.25) is 0 Å². The van der Waals surface area contributed by atoms with E-state index in [1.165, 1.54) is 0 Å². The maximum atomic E-state index is 10.3. The normalized spacial score (nSPS) is 9.58. The summed E-state index contributed by atoms with van der Waals surface area (Å²) in [5.41, 5.74) is -0.871. The monoisotopic (exact) mass is 268 g/mol. The Morgan fingerprint density at radius 2 is 2.17 bits per heavy atom. The minimum Gasteiger partial charge on any atom is -0.414 e. The van der Waals surface area contributed by atoms with Crippen molar-refractivity contribution in [2.75, 3.05) is 0 Å². The molecule has 0 aliphatic carbocycles. The van der Waals surface area contributed by atoms with Gasteiger partial charge in [-0.1, -0.05) is 11.6 Å². The fourth-order valence-corrected chi connectivity index (χ4v) is 1.20. The zero-order chi connectivity index (χ0) is 9.14. The average Bonchev–Trinajstić information content (AvgIpc) is 1.96. The highest BCUT2D eigenvalue weighted by atomic mass is 79.9. The Bertz CT molecular complexity index is 314. The van der Waals surface area contributed by atoms with Crippen molar-refractivity contribution in [3.05, 3.63) is 27.7 Å². The molecule has 0 aliphatic heterocycles. The van der Waals surface area contributed by atoms with Gasteiger partial charge in [0, 0.05) is 16.1 Å². The van der Waals surface area contributed by atoms with Crippen LogP contribution in [0.4, 0.5) is 4.79 Å². The lowest BCUT2D eigenvalue weighted by Gasteiger charge is -2.00. The summed E-state index contributed by atoms with van der Waals surface area (Å²) in [5, 5.41) is 0.546. The average molecular weight is 270 g/mol. The van der Waals surface area contributed by atoms with E-state index in [2.05, 4.69) is 20.7 Å². The number of carbonyl (C=O) groups is 1. The summed E-state index contributed by atoms with van der Waals surface area (Å²) in [6.07, 6.45) is 0. The second-order valence-corrected chi connectivity index (χ2v) is 3.49. The molecule has 0 saturated carbocycles. The van der Waals surface area contributed by atoms with E-state index in [1.807, 2.05) is 0 Å². The summed E-state index contributed by atoms with van der Waals surface area (Å²) < 4.78 is 5.24. The van der Waals surface area contributed by atoms with Crippen LogP contribution in [0.5, 0.6) is 5.75 Å². The maximum absolute atomic E-state index is 10.3. The van der Waals surface area contributed by atoms with Crippen LogP contribution in [0.1, 0.15) is 0 Å². The van der Waals surface area contributed by atoms with Crippen molar-refractivity contribution in [1.82, 2.24) is 0 Å². The van der Waals surface area contributed by atoms with Crippen molar-refractivity contribution in [2.45, 2.75) is 0 Å². The SMILES string of the molecule is O=C(Cl)Oc1ccc(Cl)c(Br)c1. The van der Waals surface area contributed by atoms with Crippen molar-refractivity contribution in [2.24, 2.45) is 0 Å². The molecule has 0 unspecified atom stereocenters. The van der Waals surface area contributed by atoms with Gasteiger partial charge in [0.05, 0.1) is 5.02 Å². The third kappa shape index (κ3) is 2.66. The number of ether oxygens (including phenoxy) is 1. The Balaban J connectivity index is 2.89. The molecular formula is C7H3BrCl2O2. The van der Waals surface area contributed by atoms with Gasteiger partial charge in [0.15, 0.2) is 0 Å². The maximum Gasteiger partial charge on any atom is 0.409 e. The first-order valence-corrected chi connectivity index (χ1v) is 4.47. The third-order valence-corrected chi connectivity index (χ3v) is 2.38. The van der Waals surface area contributed by atoms with E-state index < -0.39 is 5.43 Å². The van der Waals surface area contributed by atoms with Gasteiger partial charge in [-0.05, 0) is 34.1 Å². The Hall–Kier alpha value is -0.250. The molecule has 1 aromatic rings. The van der Waals surface area contributed by atoms with Crippen LogP contribution in [0.3, 0.4) is 0 Å². The van der Waals surface area contributed by atoms with Crippen LogP contribution in [-0.4, -0.2) is 5.43 Å². The topological polar surface area (TPSA) is 26.3 Å². The van der Waals surface area contributed by atoms with E-state index >= 15 is 0 Å². The fraction of sp³-hybridized carbons (Fsp3) is 0. The minimum atomic E-state index is -0.871. The lowest BCUT2D eigenvalue weighted by molar-refractivity contribution is 0.225. The molecule has 0 heterocycles. The molecule has 12 heavy (non-hydrogen) atoms. The summed E-state index contributed by atoms with van der Waals surface area (Å²) in [6, 6.07) is 4.71. The van der Waals surface area contributed by atoms with Gasteiger partial charge in [-0.15, -0.1) is 0 Å². The molecule has 0 aromatic heterocycles. The summed E-state index contributed by atoms with van der Waals surface area (Å²) >= 11 is 13.9. The minimum absolute atomic E-state index is 0.353. The van der Waals surface area contributed by atoms with Crippen LogP contribution in [0.25, 0.3) is 0 Å². The quantitative estimate of drug-likeness (QED) is 0.724. The van der Waals surface area contributed by atoms with E-state index in [-0.39, 0.29) is 0 Å². The molecule has 0 N–H and O–H groups in total. The van der Waals surface area contributed by atoms with Gasteiger partial charge in [-0.2, -0.15) is 0 Å². The first-order chi connectivity index (χ1) is 5.59. The van der Waals surface area contributed by atoms with E-state index in [4.69, 9.17) is 23.2 Å². The number of hydrogen-bond donors (Lipinski definition) is 0. The van der Waals surface area contributed by atoms with Gasteiger partial charge < -0.3 is 4.74 Å². The summed E-state index contributed by atoms with van der Waals surface area (Å²) in [6.45, 7) is 0. The Kier molecular flexibility index (Phi) is 3.38. The molecule has 0 fully saturated rings. The summed E-state index contributed by atoms with van der Waals surface area (Å²) in [5.74, 6) is 0.353. The van der Waals surface area contributed by atoms with Crippen LogP contribution < -0.4 is 4.74 Å². The first kappa shape index (κ1) is 9.84. The highest BCUT2D eigenvalue weighted by molar-refractivity contribution is 9.10. The molecule has 1 rings (SSSR count). The molecule has 0 amide bonds. The molecule has 0 saturated heterocycles. The fourth-order valence-electron chi connectivity index (χ4n) is 0.633. The Morgan fingerprint density at radius 1 is 1.50 bits per heavy atom. The van der Waals surface area contributed by atoms with Gasteiger partial charge in [0.2, 0.25) is 0 Å². The number of halogens is 3. The smallest absolute Gasteiger partial charge is 0.409 e. The lowest BCUT2D eigenvalue weighted by Crippen LogP contribution is -1.95. The third-order valence-electron chi connectivity index (χ3n) is 1.09. The molecule has 2 nitrogen and oxygen atoms in total. The largest absolute Gasteiger partial charge is 0.414 e. The summed E-state index contributed by atoms with van der Waals surface area (Å²) in [4.78, 5) is 10.3. The van der Waals surface area contributed by atoms with Crippen LogP contribution >= 0.6 is 39.1 Å². The van der Waals surface area contributed by atoms with Gasteiger partial charge >= 0.3 is 5.43 Å². The second-order valence-electron chi connectivity index (χ2n) is 1.92. The van der Waals surface area contributed by atoms with Crippen molar-refractivity contribution in [1.29, 1.82) is 0 Å². The molecule has 0 radical (unpaired) electrons. The van der Waals surface area contributed by atoms with Crippen LogP contribution in [-0.2, 0) is 0 Å². The van der Waals surface area contributed by atoms with Crippen molar-refractivity contribution in [3.63, 3.8) is 0 Å².